The number of hydrogen-bond donors (Lipinski definition) is 5. The van der Waals surface area contributed by atoms with Crippen molar-refractivity contribution >= 4 is 99.2 Å². The maximum Gasteiger partial charge on any atom is 0.326 e. The van der Waals surface area contributed by atoms with E-state index in [-0.39, 0.29) is 17.0 Å². The number of anilines is 5. The van der Waals surface area contributed by atoms with Gasteiger partial charge in [0.15, 0.2) is 0 Å². The number of nitrogens with zero attached hydrogens (tertiary/aromatic N) is 5. The highest BCUT2D eigenvalue weighted by atomic mass is 35.5. The maximum absolute atomic E-state index is 12.1. The molecule has 46 heavy (non-hydrogen) atoms. The predicted molar refractivity (Wildman–Crippen MR) is 188 cm³/mol. The van der Waals surface area contributed by atoms with Crippen LogP contribution in [0, 0.1) is 13.8 Å². The Morgan fingerprint density at radius 2 is 1.15 bits per heavy atom. The van der Waals surface area contributed by atoms with Crippen LogP contribution in [0.15, 0.2) is 48.5 Å². The number of urea groups is 2. The van der Waals surface area contributed by atoms with Crippen LogP contribution in [0.4, 0.5) is 38.7 Å². The molecule has 2 aromatic heterocycles. The van der Waals surface area contributed by atoms with E-state index in [0.29, 0.717) is 43.0 Å². The number of nitrogens with one attached hydrogen (secondary N) is 5. The minimum Gasteiger partial charge on any atom is -0.370 e. The van der Waals surface area contributed by atoms with Crippen LogP contribution in [0.25, 0.3) is 0 Å². The van der Waals surface area contributed by atoms with Gasteiger partial charge in [0.1, 0.15) is 11.0 Å². The second kappa shape index (κ2) is 17.9. The van der Waals surface area contributed by atoms with Crippen molar-refractivity contribution in [2.75, 3.05) is 53.8 Å². The van der Waals surface area contributed by atoms with Crippen molar-refractivity contribution in [2.45, 2.75) is 20.3 Å². The molecule has 5 N–H and O–H groups in total. The normalized spacial score (nSPS) is 10.5. The Morgan fingerprint density at radius 3 is 1.63 bits per heavy atom. The standard InChI is InChI=1S/C17H22Cl2N6O.C12H9Cl3N4O/c1-11-9-15(20-7-4-8-25(2)3)23-16(21-11)24-17(26)22-12-5-6-13(18)14(19)10-12;1-6-4-10(15)18-11(16-6)19-12(20)17-7-2-3-8(13)9(14)5-7/h5-6,9-10H,4,7-8H2,1-3H3,(H3,20,21,22,23,24,26);2-5H,1H3,(H2,16,17,18,19,20). The first-order chi connectivity index (χ1) is 21.8. The lowest BCUT2D eigenvalue weighted by atomic mass is 10.3. The maximum atomic E-state index is 12.1. The SMILES string of the molecule is Cc1cc(Cl)nc(NC(=O)Nc2ccc(Cl)c(Cl)c2)n1.Cc1cc(NCCCN(C)C)nc(NC(=O)Nc2ccc(Cl)c(Cl)c2)n1. The van der Waals surface area contributed by atoms with Gasteiger partial charge in [-0.15, -0.1) is 0 Å². The number of aryl methyl sites for hydroxylation is 2. The second-order valence-corrected chi connectivity index (χ2v) is 11.9. The first kappa shape index (κ1) is 36.8. The number of rotatable bonds is 9. The lowest BCUT2D eigenvalue weighted by Crippen LogP contribution is -2.21. The third-order valence-electron chi connectivity index (χ3n) is 5.57. The van der Waals surface area contributed by atoms with Crippen LogP contribution in [0.5, 0.6) is 0 Å². The van der Waals surface area contributed by atoms with Crippen molar-refractivity contribution in [2.24, 2.45) is 0 Å². The van der Waals surface area contributed by atoms with E-state index in [9.17, 15) is 9.59 Å². The quantitative estimate of drug-likeness (QED) is 0.0851. The fraction of sp³-hybridized carbons (Fsp3) is 0.241. The first-order valence-corrected chi connectivity index (χ1v) is 15.5. The average Bonchev–Trinajstić information content (AvgIpc) is 2.94. The number of aromatic nitrogens is 4. The van der Waals surface area contributed by atoms with Crippen molar-refractivity contribution in [3.05, 3.63) is 85.2 Å². The summed E-state index contributed by atoms with van der Waals surface area (Å²) in [4.78, 5) is 42.5. The Bertz CT molecular complexity index is 1660. The molecule has 0 spiro atoms. The van der Waals surface area contributed by atoms with Crippen molar-refractivity contribution < 1.29 is 9.59 Å². The molecule has 4 aromatic rings. The van der Waals surface area contributed by atoms with Crippen LogP contribution in [0.3, 0.4) is 0 Å². The van der Waals surface area contributed by atoms with Gasteiger partial charge in [-0.1, -0.05) is 58.0 Å². The van der Waals surface area contributed by atoms with Gasteiger partial charge >= 0.3 is 12.1 Å². The largest absolute Gasteiger partial charge is 0.370 e. The third kappa shape index (κ3) is 13.0. The molecule has 0 aliphatic rings. The highest BCUT2D eigenvalue weighted by Crippen LogP contribution is 2.26. The van der Waals surface area contributed by atoms with Crippen molar-refractivity contribution in [1.29, 1.82) is 0 Å². The summed E-state index contributed by atoms with van der Waals surface area (Å²) in [5.74, 6) is 1.01. The molecule has 0 radical (unpaired) electrons. The molecule has 0 atom stereocenters. The minimum absolute atomic E-state index is 0.118. The monoisotopic (exact) mass is 726 g/mol. The number of carbonyl (C=O) groups excluding carboxylic acids is 2. The van der Waals surface area contributed by atoms with Crippen LogP contribution >= 0.6 is 58.0 Å². The van der Waals surface area contributed by atoms with Gasteiger partial charge in [0.05, 0.1) is 20.1 Å². The predicted octanol–water partition coefficient (Wildman–Crippen LogP) is 8.49. The van der Waals surface area contributed by atoms with Crippen LogP contribution in [-0.2, 0) is 0 Å². The molecule has 0 fully saturated rings. The summed E-state index contributed by atoms with van der Waals surface area (Å²) in [5, 5.41) is 15.4. The highest BCUT2D eigenvalue weighted by molar-refractivity contribution is 6.42. The smallest absolute Gasteiger partial charge is 0.326 e. The minimum atomic E-state index is -0.509. The van der Waals surface area contributed by atoms with Crippen LogP contribution in [0.2, 0.25) is 25.2 Å². The fourth-order valence-corrected chi connectivity index (χ4v) is 4.42. The summed E-state index contributed by atoms with van der Waals surface area (Å²) >= 11 is 29.2. The molecule has 0 bridgehead atoms. The highest BCUT2D eigenvalue weighted by Gasteiger charge is 2.10. The first-order valence-electron chi connectivity index (χ1n) is 13.6. The average molecular weight is 729 g/mol. The Kier molecular flexibility index (Phi) is 14.3. The number of hydrogen-bond acceptors (Lipinski definition) is 8. The molecule has 0 saturated heterocycles. The van der Waals surface area contributed by atoms with Gasteiger partial charge < -0.3 is 20.9 Å². The van der Waals surface area contributed by atoms with Gasteiger partial charge in [0.2, 0.25) is 11.9 Å². The summed E-state index contributed by atoms with van der Waals surface area (Å²) in [6.07, 6.45) is 0.983. The van der Waals surface area contributed by atoms with Crippen LogP contribution in [0.1, 0.15) is 17.8 Å². The van der Waals surface area contributed by atoms with E-state index in [1.54, 1.807) is 43.3 Å². The zero-order chi connectivity index (χ0) is 33.8. The number of amides is 4. The summed E-state index contributed by atoms with van der Waals surface area (Å²) in [6.45, 7) is 5.35. The molecule has 0 aliphatic heterocycles. The van der Waals surface area contributed by atoms with Gasteiger partial charge in [-0.2, -0.15) is 4.98 Å². The number of carbonyl (C=O) groups is 2. The Hall–Kier alpha value is -3.65. The molecule has 12 nitrogen and oxygen atoms in total. The van der Waals surface area contributed by atoms with E-state index in [1.165, 1.54) is 6.07 Å². The summed E-state index contributed by atoms with van der Waals surface area (Å²) in [5.41, 5.74) is 2.41. The Labute approximate surface area is 291 Å². The molecule has 0 aliphatic carbocycles. The van der Waals surface area contributed by atoms with Crippen molar-refractivity contribution in [1.82, 2.24) is 24.8 Å². The zero-order valence-corrected chi connectivity index (χ0v) is 29.0. The lowest BCUT2D eigenvalue weighted by Gasteiger charge is -2.12. The molecule has 0 unspecified atom stereocenters. The Morgan fingerprint density at radius 1 is 0.652 bits per heavy atom. The lowest BCUT2D eigenvalue weighted by molar-refractivity contribution is 0.261. The number of halogens is 5. The van der Waals surface area contributed by atoms with Gasteiger partial charge in [-0.3, -0.25) is 10.6 Å². The molecule has 0 saturated carbocycles. The van der Waals surface area contributed by atoms with Crippen molar-refractivity contribution in [3.8, 4) is 0 Å². The van der Waals surface area contributed by atoms with E-state index in [0.717, 1.165) is 25.2 Å². The van der Waals surface area contributed by atoms with Gasteiger partial charge in [0, 0.05) is 35.4 Å². The number of benzene rings is 2. The fourth-order valence-electron chi connectivity index (χ4n) is 3.59. The van der Waals surface area contributed by atoms with E-state index in [1.807, 2.05) is 27.1 Å². The van der Waals surface area contributed by atoms with Crippen LogP contribution in [-0.4, -0.2) is 64.1 Å². The van der Waals surface area contributed by atoms with E-state index in [2.05, 4.69) is 51.4 Å². The molecule has 4 amide bonds. The summed E-state index contributed by atoms with van der Waals surface area (Å²) in [7, 11) is 4.06. The van der Waals surface area contributed by atoms with Crippen molar-refractivity contribution in [3.63, 3.8) is 0 Å². The Balaban J connectivity index is 0.000000259. The molecule has 2 heterocycles. The van der Waals surface area contributed by atoms with E-state index < -0.39 is 12.1 Å². The molecule has 2 aromatic carbocycles. The summed E-state index contributed by atoms with van der Waals surface area (Å²) in [6, 6.07) is 12.0. The molecular weight excluding hydrogens is 698 g/mol. The van der Waals surface area contributed by atoms with Gasteiger partial charge in [-0.05, 0) is 83.4 Å². The molecular formula is C29H31Cl5N10O2. The molecule has 244 valence electrons. The third-order valence-corrected chi connectivity index (χ3v) is 7.24. The van der Waals surface area contributed by atoms with Gasteiger partial charge in [-0.25, -0.2) is 24.5 Å². The second-order valence-electron chi connectivity index (χ2n) is 9.87. The molecule has 17 heteroatoms. The van der Waals surface area contributed by atoms with Gasteiger partial charge in [0.25, 0.3) is 0 Å². The van der Waals surface area contributed by atoms with Crippen LogP contribution < -0.4 is 26.6 Å². The molecule has 4 rings (SSSR count). The van der Waals surface area contributed by atoms with E-state index >= 15 is 0 Å². The topological polar surface area (TPSA) is 149 Å². The summed E-state index contributed by atoms with van der Waals surface area (Å²) < 4.78 is 0. The van der Waals surface area contributed by atoms with E-state index in [4.69, 9.17) is 58.0 Å². The zero-order valence-electron chi connectivity index (χ0n) is 25.2.